The smallest absolute Gasteiger partial charge is 0.253 e. The van der Waals surface area contributed by atoms with Gasteiger partial charge in [0.2, 0.25) is 17.7 Å². The van der Waals surface area contributed by atoms with Gasteiger partial charge in [-0.15, -0.1) is 10.2 Å². The lowest BCUT2D eigenvalue weighted by atomic mass is 10.0. The van der Waals surface area contributed by atoms with Crippen molar-refractivity contribution in [2.45, 2.75) is 33.0 Å². The summed E-state index contributed by atoms with van der Waals surface area (Å²) in [5.74, 6) is 2.27. The highest BCUT2D eigenvalue weighted by atomic mass is 16.5. The quantitative estimate of drug-likeness (QED) is 0.557. The molecular formula is C23H27N5O4. The van der Waals surface area contributed by atoms with Gasteiger partial charge in [-0.3, -0.25) is 9.69 Å². The van der Waals surface area contributed by atoms with Gasteiger partial charge >= 0.3 is 0 Å². The first-order valence-electron chi connectivity index (χ1n) is 10.5. The van der Waals surface area contributed by atoms with Crippen LogP contribution in [0.25, 0.3) is 11.1 Å². The number of methoxy groups -OCH3 is 1. The molecule has 9 heteroatoms. The lowest BCUT2D eigenvalue weighted by molar-refractivity contribution is -0.137. The Balaban J connectivity index is 1.63. The Morgan fingerprint density at radius 3 is 2.81 bits per heavy atom. The monoisotopic (exact) mass is 437 g/mol. The first-order chi connectivity index (χ1) is 15.4. The maximum absolute atomic E-state index is 12.4. The molecule has 0 unspecified atom stereocenters. The van der Waals surface area contributed by atoms with E-state index < -0.39 is 0 Å². The van der Waals surface area contributed by atoms with Crippen LogP contribution in [-0.2, 0) is 17.9 Å². The van der Waals surface area contributed by atoms with E-state index in [2.05, 4.69) is 33.1 Å². The normalized spacial score (nSPS) is 16.9. The highest BCUT2D eigenvalue weighted by Crippen LogP contribution is 2.32. The number of aryl methyl sites for hydroxylation is 1. The second kappa shape index (κ2) is 9.35. The van der Waals surface area contributed by atoms with Crippen LogP contribution in [-0.4, -0.2) is 64.2 Å². The fraction of sp³-hybridized carbons (Fsp3) is 0.391. The van der Waals surface area contributed by atoms with Crippen molar-refractivity contribution in [1.82, 2.24) is 25.0 Å². The molecule has 0 radical (unpaired) electrons. The summed E-state index contributed by atoms with van der Waals surface area (Å²) >= 11 is 0. The van der Waals surface area contributed by atoms with Crippen LogP contribution >= 0.6 is 0 Å². The zero-order chi connectivity index (χ0) is 22.7. The van der Waals surface area contributed by atoms with Crippen molar-refractivity contribution in [2.75, 3.05) is 27.2 Å². The number of hydrogen-bond acceptors (Lipinski definition) is 8. The SMILES string of the molecule is COc1ncccc1-c1ccc(OCc2nnc(C)o2)c(CN2CC(=O)N(C)[C@H](C)C2)c1. The predicted octanol–water partition coefficient (Wildman–Crippen LogP) is 2.69. The zero-order valence-electron chi connectivity index (χ0n) is 18.7. The number of likely N-dealkylation sites (N-methyl/N-ethyl adjacent to an activating group) is 1. The van der Waals surface area contributed by atoms with Gasteiger partial charge in [0.1, 0.15) is 5.75 Å². The lowest BCUT2D eigenvalue weighted by Gasteiger charge is -2.37. The molecule has 9 nitrogen and oxygen atoms in total. The molecule has 0 aliphatic carbocycles. The molecule has 1 aliphatic heterocycles. The third-order valence-electron chi connectivity index (χ3n) is 5.58. The second-order valence-electron chi connectivity index (χ2n) is 7.91. The van der Waals surface area contributed by atoms with Crippen molar-refractivity contribution in [2.24, 2.45) is 0 Å². The summed E-state index contributed by atoms with van der Waals surface area (Å²) in [6.45, 7) is 5.68. The Labute approximate surface area is 187 Å². The van der Waals surface area contributed by atoms with Gasteiger partial charge in [0, 0.05) is 50.4 Å². The van der Waals surface area contributed by atoms with E-state index in [1.54, 1.807) is 25.1 Å². The van der Waals surface area contributed by atoms with E-state index in [9.17, 15) is 4.79 Å². The van der Waals surface area contributed by atoms with E-state index in [1.807, 2.05) is 31.3 Å². The number of amides is 1. The van der Waals surface area contributed by atoms with Crippen molar-refractivity contribution < 1.29 is 18.7 Å². The number of hydrogen-bond donors (Lipinski definition) is 0. The Kier molecular flexibility index (Phi) is 6.36. The summed E-state index contributed by atoms with van der Waals surface area (Å²) in [4.78, 5) is 20.6. The standard InChI is InChI=1S/C23H27N5O4/c1-15-11-28(13-22(29)27(15)3)12-18-10-17(19-6-5-9-24-23(19)30-4)7-8-20(18)31-14-21-26-25-16(2)32-21/h5-10,15H,11-14H2,1-4H3/t15-/m1/s1. The number of carbonyl (C=O) groups excluding carboxylic acids is 1. The minimum atomic E-state index is 0.109. The molecule has 3 heterocycles. The van der Waals surface area contributed by atoms with Crippen molar-refractivity contribution in [3.63, 3.8) is 0 Å². The van der Waals surface area contributed by atoms with Gasteiger partial charge in [-0.05, 0) is 36.8 Å². The first kappa shape index (κ1) is 21.8. The molecule has 1 fully saturated rings. The topological polar surface area (TPSA) is 93.8 Å². The Morgan fingerprint density at radius 2 is 2.09 bits per heavy atom. The van der Waals surface area contributed by atoms with E-state index in [0.717, 1.165) is 23.2 Å². The van der Waals surface area contributed by atoms with Crippen LogP contribution in [0, 0.1) is 6.92 Å². The van der Waals surface area contributed by atoms with Crippen LogP contribution in [0.5, 0.6) is 11.6 Å². The summed E-state index contributed by atoms with van der Waals surface area (Å²) in [6.07, 6.45) is 1.70. The van der Waals surface area contributed by atoms with Crippen molar-refractivity contribution in [3.05, 3.63) is 53.9 Å². The molecule has 1 aliphatic rings. The molecule has 0 bridgehead atoms. The molecule has 1 aromatic carbocycles. The first-order valence-corrected chi connectivity index (χ1v) is 10.5. The molecule has 4 rings (SSSR count). The van der Waals surface area contributed by atoms with E-state index in [4.69, 9.17) is 13.9 Å². The Hall–Kier alpha value is -3.46. The highest BCUT2D eigenvalue weighted by Gasteiger charge is 2.27. The van der Waals surface area contributed by atoms with Crippen molar-refractivity contribution in [1.29, 1.82) is 0 Å². The largest absolute Gasteiger partial charge is 0.483 e. The Bertz CT molecular complexity index is 1100. The molecule has 0 saturated carbocycles. The van der Waals surface area contributed by atoms with Crippen LogP contribution < -0.4 is 9.47 Å². The molecule has 1 atom stereocenters. The van der Waals surface area contributed by atoms with E-state index in [0.29, 0.717) is 36.5 Å². The fourth-order valence-electron chi connectivity index (χ4n) is 3.79. The number of aromatic nitrogens is 3. The number of nitrogens with zero attached hydrogens (tertiary/aromatic N) is 5. The molecule has 0 N–H and O–H groups in total. The van der Waals surface area contributed by atoms with Crippen LogP contribution in [0.2, 0.25) is 0 Å². The van der Waals surface area contributed by atoms with Crippen molar-refractivity contribution >= 4 is 5.91 Å². The summed E-state index contributed by atoms with van der Waals surface area (Å²) in [5, 5.41) is 7.84. The van der Waals surface area contributed by atoms with Crippen LogP contribution in [0.4, 0.5) is 0 Å². The molecule has 32 heavy (non-hydrogen) atoms. The molecule has 168 valence electrons. The molecular weight excluding hydrogens is 410 g/mol. The maximum atomic E-state index is 12.4. The van der Waals surface area contributed by atoms with Crippen LogP contribution in [0.1, 0.15) is 24.3 Å². The summed E-state index contributed by atoms with van der Waals surface area (Å²) in [6, 6.07) is 9.93. The minimum absolute atomic E-state index is 0.109. The molecule has 2 aromatic heterocycles. The minimum Gasteiger partial charge on any atom is -0.483 e. The number of piperazine rings is 1. The lowest BCUT2D eigenvalue weighted by Crippen LogP contribution is -2.53. The third kappa shape index (κ3) is 4.72. The van der Waals surface area contributed by atoms with Gasteiger partial charge in [0.15, 0.2) is 6.61 Å². The predicted molar refractivity (Wildman–Crippen MR) is 117 cm³/mol. The van der Waals surface area contributed by atoms with Crippen LogP contribution in [0.15, 0.2) is 40.9 Å². The molecule has 1 saturated heterocycles. The fourth-order valence-corrected chi connectivity index (χ4v) is 3.79. The average molecular weight is 438 g/mol. The Morgan fingerprint density at radius 1 is 1.25 bits per heavy atom. The van der Waals surface area contributed by atoms with Gasteiger partial charge in [-0.25, -0.2) is 4.98 Å². The number of rotatable bonds is 7. The van der Waals surface area contributed by atoms with E-state index >= 15 is 0 Å². The molecule has 3 aromatic rings. The molecule has 0 spiro atoms. The third-order valence-corrected chi connectivity index (χ3v) is 5.58. The molecule has 1 amide bonds. The van der Waals surface area contributed by atoms with E-state index in [1.165, 1.54) is 0 Å². The summed E-state index contributed by atoms with van der Waals surface area (Å²) in [5.41, 5.74) is 2.80. The number of ether oxygens (including phenoxy) is 2. The second-order valence-corrected chi connectivity index (χ2v) is 7.91. The average Bonchev–Trinajstić information content (AvgIpc) is 3.21. The van der Waals surface area contributed by atoms with Gasteiger partial charge in [-0.2, -0.15) is 0 Å². The van der Waals surface area contributed by atoms with Crippen LogP contribution in [0.3, 0.4) is 0 Å². The number of pyridine rings is 1. The van der Waals surface area contributed by atoms with Gasteiger partial charge in [0.25, 0.3) is 5.89 Å². The highest BCUT2D eigenvalue weighted by molar-refractivity contribution is 5.79. The summed E-state index contributed by atoms with van der Waals surface area (Å²) < 4.78 is 16.9. The number of carbonyl (C=O) groups is 1. The maximum Gasteiger partial charge on any atom is 0.253 e. The van der Waals surface area contributed by atoms with Gasteiger partial charge < -0.3 is 18.8 Å². The summed E-state index contributed by atoms with van der Waals surface area (Å²) in [7, 11) is 3.45. The zero-order valence-corrected chi connectivity index (χ0v) is 18.7. The van der Waals surface area contributed by atoms with Gasteiger partial charge in [0.05, 0.1) is 13.7 Å². The van der Waals surface area contributed by atoms with Gasteiger partial charge in [-0.1, -0.05) is 6.07 Å². The van der Waals surface area contributed by atoms with Crippen molar-refractivity contribution in [3.8, 4) is 22.8 Å². The number of benzene rings is 1. The van der Waals surface area contributed by atoms with E-state index in [-0.39, 0.29) is 18.6 Å².